The number of hydrogen-bond donors (Lipinski definition) is 1. The normalized spacial score (nSPS) is 47.9. The van der Waals surface area contributed by atoms with Gasteiger partial charge in [-0.2, -0.15) is 0 Å². The molecule has 4 atom stereocenters. The van der Waals surface area contributed by atoms with Crippen molar-refractivity contribution in [1.29, 1.82) is 0 Å². The second-order valence-corrected chi connectivity index (χ2v) is 3.45. The molecule has 2 nitrogen and oxygen atoms in total. The van der Waals surface area contributed by atoms with E-state index in [1.54, 1.807) is 6.92 Å². The lowest BCUT2D eigenvalue weighted by Crippen LogP contribution is -2.25. The van der Waals surface area contributed by atoms with Crippen LogP contribution in [0.3, 0.4) is 0 Å². The summed E-state index contributed by atoms with van der Waals surface area (Å²) in [6.07, 6.45) is 0.785. The van der Waals surface area contributed by atoms with Gasteiger partial charge in [0.2, 0.25) is 0 Å². The van der Waals surface area contributed by atoms with Crippen LogP contribution >= 0.6 is 9.24 Å². The number of rotatable bonds is 1. The van der Waals surface area contributed by atoms with Gasteiger partial charge in [0.1, 0.15) is 7.85 Å². The summed E-state index contributed by atoms with van der Waals surface area (Å²) >= 11 is 0. The molecule has 1 rings (SSSR count). The second-order valence-electron chi connectivity index (χ2n) is 2.98. The number of ether oxygens (including phenoxy) is 1. The van der Waals surface area contributed by atoms with Crippen LogP contribution in [-0.4, -0.2) is 36.8 Å². The molecular formula is C6H12BO2P. The monoisotopic (exact) mass is 158 g/mol. The quantitative estimate of drug-likeness (QED) is 0.426. The maximum absolute atomic E-state index is 9.31. The molecular weight excluding hydrogens is 146 g/mol. The molecule has 1 unspecified atom stereocenters. The Bertz CT molecular complexity index is 129. The Kier molecular flexibility index (Phi) is 2.39. The van der Waals surface area contributed by atoms with E-state index in [0.29, 0.717) is 6.42 Å². The molecule has 0 spiro atoms. The lowest BCUT2D eigenvalue weighted by molar-refractivity contribution is 0.0133. The Morgan fingerprint density at radius 1 is 1.90 bits per heavy atom. The lowest BCUT2D eigenvalue weighted by atomic mass is 9.81. The van der Waals surface area contributed by atoms with Crippen molar-refractivity contribution in [1.82, 2.24) is 0 Å². The van der Waals surface area contributed by atoms with E-state index < -0.39 is 11.6 Å². The standard InChI is InChI=1S/C6H12BO2P/c1-6(7)2-4(8)5(3-10)9-6/h4-5,8H,2-3,10H2,1H3/t4-,5-,6-/m1/s1. The third kappa shape index (κ3) is 1.72. The highest BCUT2D eigenvalue weighted by Crippen LogP contribution is 2.28. The van der Waals surface area contributed by atoms with Gasteiger partial charge >= 0.3 is 0 Å². The highest BCUT2D eigenvalue weighted by atomic mass is 31.0. The van der Waals surface area contributed by atoms with E-state index in [0.717, 1.165) is 6.16 Å². The molecule has 0 aromatic rings. The van der Waals surface area contributed by atoms with E-state index in [4.69, 9.17) is 12.6 Å². The Morgan fingerprint density at radius 3 is 2.70 bits per heavy atom. The third-order valence-corrected chi connectivity index (χ3v) is 2.16. The van der Waals surface area contributed by atoms with Gasteiger partial charge in [-0.25, -0.2) is 0 Å². The summed E-state index contributed by atoms with van der Waals surface area (Å²) in [6, 6.07) is 0. The van der Waals surface area contributed by atoms with E-state index in [2.05, 4.69) is 9.24 Å². The van der Waals surface area contributed by atoms with Crippen LogP contribution in [0.15, 0.2) is 0 Å². The summed E-state index contributed by atoms with van der Waals surface area (Å²) < 4.78 is 5.32. The van der Waals surface area contributed by atoms with Gasteiger partial charge in [0, 0.05) is 5.50 Å². The van der Waals surface area contributed by atoms with Crippen molar-refractivity contribution in [2.45, 2.75) is 31.1 Å². The van der Waals surface area contributed by atoms with Gasteiger partial charge in [0.25, 0.3) is 0 Å². The number of aliphatic hydroxyl groups is 1. The number of hydrogen-bond acceptors (Lipinski definition) is 2. The van der Waals surface area contributed by atoms with Gasteiger partial charge in [0.05, 0.1) is 12.2 Å². The van der Waals surface area contributed by atoms with E-state index >= 15 is 0 Å². The summed E-state index contributed by atoms with van der Waals surface area (Å²) in [5.74, 6) is 0. The highest BCUT2D eigenvalue weighted by Gasteiger charge is 2.37. The molecule has 56 valence electrons. The third-order valence-electron chi connectivity index (χ3n) is 1.70. The van der Waals surface area contributed by atoms with Gasteiger partial charge < -0.3 is 9.84 Å². The van der Waals surface area contributed by atoms with Crippen LogP contribution in [0, 0.1) is 0 Å². The SMILES string of the molecule is [B][C@@]1(C)C[C@@H](O)[C@@H](CP)O1. The van der Waals surface area contributed by atoms with Crippen molar-refractivity contribution >= 4 is 17.1 Å². The minimum atomic E-state index is -0.624. The Morgan fingerprint density at radius 2 is 2.50 bits per heavy atom. The van der Waals surface area contributed by atoms with Crippen LogP contribution < -0.4 is 0 Å². The summed E-state index contributed by atoms with van der Waals surface area (Å²) in [5.41, 5.74) is -0.624. The maximum Gasteiger partial charge on any atom is 0.113 e. The smallest absolute Gasteiger partial charge is 0.113 e. The molecule has 1 fully saturated rings. The van der Waals surface area contributed by atoms with Crippen molar-refractivity contribution < 1.29 is 9.84 Å². The molecule has 0 aromatic heterocycles. The zero-order valence-corrected chi connectivity index (χ0v) is 7.23. The molecule has 0 aliphatic carbocycles. The zero-order chi connectivity index (χ0) is 7.78. The topological polar surface area (TPSA) is 29.5 Å². The Hall–Kier alpha value is 0.415. The predicted molar refractivity (Wildman–Crippen MR) is 44.2 cm³/mol. The fraction of sp³-hybridized carbons (Fsp3) is 1.00. The molecule has 0 saturated carbocycles. The molecule has 0 aromatic carbocycles. The van der Waals surface area contributed by atoms with E-state index in [-0.39, 0.29) is 6.10 Å². The molecule has 1 saturated heterocycles. The molecule has 1 heterocycles. The van der Waals surface area contributed by atoms with Crippen molar-refractivity contribution in [2.75, 3.05) is 6.16 Å². The predicted octanol–water partition coefficient (Wildman–Crippen LogP) is -0.104. The van der Waals surface area contributed by atoms with E-state index in [1.165, 1.54) is 0 Å². The highest BCUT2D eigenvalue weighted by molar-refractivity contribution is 7.16. The fourth-order valence-electron chi connectivity index (χ4n) is 1.22. The lowest BCUT2D eigenvalue weighted by Gasteiger charge is -2.18. The van der Waals surface area contributed by atoms with Gasteiger partial charge in [0.15, 0.2) is 0 Å². The largest absolute Gasteiger partial charge is 0.390 e. The Balaban J connectivity index is 2.52. The average molecular weight is 158 g/mol. The van der Waals surface area contributed by atoms with Crippen LogP contribution in [0.25, 0.3) is 0 Å². The molecule has 0 amide bonds. The van der Waals surface area contributed by atoms with Crippen molar-refractivity contribution in [2.24, 2.45) is 0 Å². The Labute approximate surface area is 64.9 Å². The van der Waals surface area contributed by atoms with Gasteiger partial charge in [-0.3, -0.25) is 0 Å². The first kappa shape index (κ1) is 8.51. The van der Waals surface area contributed by atoms with Crippen molar-refractivity contribution in [3.8, 4) is 0 Å². The average Bonchev–Trinajstić information content (AvgIpc) is 2.05. The van der Waals surface area contributed by atoms with Crippen molar-refractivity contribution in [3.63, 3.8) is 0 Å². The van der Waals surface area contributed by atoms with Crippen molar-refractivity contribution in [3.05, 3.63) is 0 Å². The maximum atomic E-state index is 9.31. The van der Waals surface area contributed by atoms with E-state index in [9.17, 15) is 5.11 Å². The second kappa shape index (κ2) is 2.81. The minimum absolute atomic E-state index is 0.0972. The van der Waals surface area contributed by atoms with Gasteiger partial charge in [-0.1, -0.05) is 0 Å². The summed E-state index contributed by atoms with van der Waals surface area (Å²) in [5, 5.41) is 9.31. The van der Waals surface area contributed by atoms with Crippen LogP contribution in [0.2, 0.25) is 0 Å². The van der Waals surface area contributed by atoms with E-state index in [1.807, 2.05) is 0 Å². The zero-order valence-electron chi connectivity index (χ0n) is 6.08. The summed E-state index contributed by atoms with van der Waals surface area (Å²) in [6.45, 7) is 1.79. The molecule has 4 heteroatoms. The first-order chi connectivity index (χ1) is 4.55. The van der Waals surface area contributed by atoms with Gasteiger partial charge in [-0.05, 0) is 19.5 Å². The fourth-order valence-corrected chi connectivity index (χ4v) is 1.63. The van der Waals surface area contributed by atoms with Crippen LogP contribution in [0.4, 0.5) is 0 Å². The van der Waals surface area contributed by atoms with Crippen LogP contribution in [-0.2, 0) is 4.74 Å². The summed E-state index contributed by atoms with van der Waals surface area (Å²) in [4.78, 5) is 0. The first-order valence-corrected chi connectivity index (χ1v) is 4.21. The molecule has 10 heavy (non-hydrogen) atoms. The molecule has 0 bridgehead atoms. The first-order valence-electron chi connectivity index (χ1n) is 3.40. The number of aliphatic hydroxyl groups excluding tert-OH is 1. The van der Waals surface area contributed by atoms with Crippen LogP contribution in [0.5, 0.6) is 0 Å². The van der Waals surface area contributed by atoms with Crippen LogP contribution in [0.1, 0.15) is 13.3 Å². The minimum Gasteiger partial charge on any atom is -0.390 e. The molecule has 1 N–H and O–H groups in total. The molecule has 1 aliphatic heterocycles. The van der Waals surface area contributed by atoms with Gasteiger partial charge in [-0.15, -0.1) is 9.24 Å². The molecule has 1 aliphatic rings. The molecule has 2 radical (unpaired) electrons. The summed E-state index contributed by atoms with van der Waals surface area (Å²) in [7, 11) is 8.18.